The number of rotatable bonds is 3. The summed E-state index contributed by atoms with van der Waals surface area (Å²) in [6.45, 7) is 0. The highest BCUT2D eigenvalue weighted by Crippen LogP contribution is 2.50. The Hall–Kier alpha value is -0.980. The quantitative estimate of drug-likeness (QED) is 0.686. The van der Waals surface area contributed by atoms with Crippen molar-refractivity contribution in [2.75, 3.05) is 23.5 Å². The molecule has 0 N–H and O–H groups in total. The van der Waals surface area contributed by atoms with E-state index in [2.05, 4.69) is 12.0 Å². The molecule has 1 saturated heterocycles. The maximum absolute atomic E-state index is 12.1. The number of hydrogen-bond donors (Lipinski definition) is 0. The fourth-order valence-corrected chi connectivity index (χ4v) is 5.27. The Morgan fingerprint density at radius 1 is 1.38 bits per heavy atom. The van der Waals surface area contributed by atoms with Gasteiger partial charge in [0.25, 0.3) is 0 Å². The second-order valence-corrected chi connectivity index (χ2v) is 8.71. The van der Waals surface area contributed by atoms with E-state index >= 15 is 0 Å². The van der Waals surface area contributed by atoms with Crippen molar-refractivity contribution in [1.82, 2.24) is 0 Å². The number of ketones is 1. The van der Waals surface area contributed by atoms with Crippen LogP contribution in [0.2, 0.25) is 0 Å². The van der Waals surface area contributed by atoms with Gasteiger partial charge in [0.2, 0.25) is 0 Å². The molecule has 1 nitrogen and oxygen atoms in total. The van der Waals surface area contributed by atoms with Gasteiger partial charge < -0.3 is 0 Å². The molecule has 2 heteroatoms. The Labute approximate surface area is 98.9 Å². The molecular formula is C14H18OS. The van der Waals surface area contributed by atoms with Crippen LogP contribution >= 0.6 is 10.0 Å². The van der Waals surface area contributed by atoms with Gasteiger partial charge in [-0.15, -0.1) is 5.73 Å². The molecule has 0 aromatic heterocycles. The number of hydrogen-bond acceptors (Lipinski definition) is 1. The minimum absolute atomic E-state index is 0.298. The van der Waals surface area contributed by atoms with E-state index in [1.165, 1.54) is 24.3 Å². The van der Waals surface area contributed by atoms with Gasteiger partial charge in [-0.05, 0) is 42.8 Å². The van der Waals surface area contributed by atoms with E-state index in [1.807, 2.05) is 24.3 Å². The van der Waals surface area contributed by atoms with Gasteiger partial charge >= 0.3 is 0 Å². The van der Waals surface area contributed by atoms with Crippen LogP contribution in [0, 0.1) is 0 Å². The molecule has 0 unspecified atom stereocenters. The highest BCUT2D eigenvalue weighted by Gasteiger charge is 2.26. The largest absolute Gasteiger partial charge is 0.293 e. The van der Waals surface area contributed by atoms with Crippen LogP contribution in [0.3, 0.4) is 0 Å². The first kappa shape index (κ1) is 11.5. The van der Waals surface area contributed by atoms with Crippen LogP contribution in [0.4, 0.5) is 0 Å². The molecule has 0 atom stereocenters. The number of Topliss-reactive ketones (excluding diaryl/α,β-unsaturated/α-hetero) is 1. The van der Waals surface area contributed by atoms with Crippen molar-refractivity contribution < 1.29 is 4.79 Å². The van der Waals surface area contributed by atoms with Crippen LogP contribution in [-0.2, 0) is 4.79 Å². The smallest absolute Gasteiger partial charge is 0.171 e. The fraction of sp³-hybridized carbons (Fsp3) is 0.429. The van der Waals surface area contributed by atoms with E-state index in [0.29, 0.717) is 5.78 Å². The number of carbonyl (C=O) groups excluding carboxylic acids is 1. The second kappa shape index (κ2) is 4.90. The van der Waals surface area contributed by atoms with Gasteiger partial charge in [0.15, 0.2) is 5.78 Å². The summed E-state index contributed by atoms with van der Waals surface area (Å²) in [5.74, 6) is 3.63. The zero-order chi connectivity index (χ0) is 11.4. The summed E-state index contributed by atoms with van der Waals surface area (Å²) in [6.07, 6.45) is 14.3. The summed E-state index contributed by atoms with van der Waals surface area (Å²) in [5.41, 5.74) is 3.81. The minimum atomic E-state index is -0.637. The topological polar surface area (TPSA) is 17.1 Å². The van der Waals surface area contributed by atoms with Crippen LogP contribution in [-0.4, -0.2) is 29.3 Å². The Bertz CT molecular complexity index is 402. The average Bonchev–Trinajstić information content (AvgIpc) is 2.56. The van der Waals surface area contributed by atoms with E-state index < -0.39 is 10.0 Å². The highest BCUT2D eigenvalue weighted by molar-refractivity contribution is 8.33. The van der Waals surface area contributed by atoms with Crippen molar-refractivity contribution in [2.45, 2.75) is 12.8 Å². The highest BCUT2D eigenvalue weighted by atomic mass is 32.3. The third-order valence-corrected chi connectivity index (χ3v) is 6.65. The molecule has 86 valence electrons. The summed E-state index contributed by atoms with van der Waals surface area (Å²) in [4.78, 5) is 12.1. The first-order chi connectivity index (χ1) is 7.70. The van der Waals surface area contributed by atoms with Gasteiger partial charge in [-0.2, -0.15) is 0 Å². The second-order valence-electron chi connectivity index (χ2n) is 4.65. The van der Waals surface area contributed by atoms with Gasteiger partial charge in [-0.3, -0.25) is 4.79 Å². The van der Waals surface area contributed by atoms with Gasteiger partial charge in [0.05, 0.1) is 0 Å². The summed E-state index contributed by atoms with van der Waals surface area (Å²) < 4.78 is 0. The SMILES string of the molecule is CS1(CC(=O)C2=CC=CC=C=C2)CCCC1. The molecule has 2 rings (SSSR count). The summed E-state index contributed by atoms with van der Waals surface area (Å²) >= 11 is 0. The van der Waals surface area contributed by atoms with Gasteiger partial charge in [-0.1, -0.05) is 18.2 Å². The van der Waals surface area contributed by atoms with E-state index in [0.717, 1.165) is 11.3 Å². The van der Waals surface area contributed by atoms with E-state index in [-0.39, 0.29) is 0 Å². The maximum Gasteiger partial charge on any atom is 0.171 e. The van der Waals surface area contributed by atoms with Crippen LogP contribution in [0.5, 0.6) is 0 Å². The lowest BCUT2D eigenvalue weighted by Gasteiger charge is -2.29. The molecule has 1 heterocycles. The third kappa shape index (κ3) is 2.78. The molecule has 1 aliphatic carbocycles. The molecule has 0 amide bonds. The van der Waals surface area contributed by atoms with Gasteiger partial charge in [0, 0.05) is 11.3 Å². The summed E-state index contributed by atoms with van der Waals surface area (Å²) in [5, 5.41) is 0. The van der Waals surface area contributed by atoms with Crippen molar-refractivity contribution >= 4 is 15.8 Å². The van der Waals surface area contributed by atoms with E-state index in [1.54, 1.807) is 6.08 Å². The Kier molecular flexibility index (Phi) is 3.52. The predicted molar refractivity (Wildman–Crippen MR) is 72.2 cm³/mol. The fourth-order valence-electron chi connectivity index (χ4n) is 2.18. The molecule has 1 aliphatic heterocycles. The molecule has 0 saturated carbocycles. The van der Waals surface area contributed by atoms with Gasteiger partial charge in [-0.25, -0.2) is 10.0 Å². The number of carbonyl (C=O) groups is 1. The molecule has 0 aromatic rings. The molecule has 16 heavy (non-hydrogen) atoms. The van der Waals surface area contributed by atoms with Gasteiger partial charge in [0.1, 0.15) is 0 Å². The van der Waals surface area contributed by atoms with Crippen molar-refractivity contribution in [2.24, 2.45) is 0 Å². The number of allylic oxidation sites excluding steroid dienone is 5. The molecule has 2 aliphatic rings. The Balaban J connectivity index is 2.05. The standard InChI is InChI=1S/C14H18OS/c1-16(10-6-7-11-16)12-14(15)13-8-4-2-3-5-9-13/h2-4,8-9H,6-7,10-12H2,1H3. The molecule has 0 bridgehead atoms. The molecule has 0 spiro atoms. The molecular weight excluding hydrogens is 216 g/mol. The first-order valence-electron chi connectivity index (χ1n) is 5.74. The molecule has 0 radical (unpaired) electrons. The monoisotopic (exact) mass is 234 g/mol. The zero-order valence-electron chi connectivity index (χ0n) is 9.74. The van der Waals surface area contributed by atoms with Crippen molar-refractivity contribution in [3.8, 4) is 0 Å². The zero-order valence-corrected chi connectivity index (χ0v) is 10.6. The minimum Gasteiger partial charge on any atom is -0.293 e. The maximum atomic E-state index is 12.1. The van der Waals surface area contributed by atoms with Crippen LogP contribution in [0.15, 0.2) is 41.7 Å². The predicted octanol–water partition coefficient (Wildman–Crippen LogP) is 2.99. The summed E-state index contributed by atoms with van der Waals surface area (Å²) in [7, 11) is -0.637. The van der Waals surface area contributed by atoms with E-state index in [9.17, 15) is 4.79 Å². The van der Waals surface area contributed by atoms with Crippen molar-refractivity contribution in [3.63, 3.8) is 0 Å². The van der Waals surface area contributed by atoms with Crippen molar-refractivity contribution in [3.05, 3.63) is 41.7 Å². The lowest BCUT2D eigenvalue weighted by atomic mass is 10.2. The normalized spacial score (nSPS) is 23.9. The average molecular weight is 234 g/mol. The first-order valence-corrected chi connectivity index (χ1v) is 8.29. The van der Waals surface area contributed by atoms with Crippen LogP contribution in [0.1, 0.15) is 12.8 Å². The van der Waals surface area contributed by atoms with Crippen molar-refractivity contribution in [1.29, 1.82) is 0 Å². The lowest BCUT2D eigenvalue weighted by Crippen LogP contribution is -2.15. The lowest BCUT2D eigenvalue weighted by molar-refractivity contribution is -0.112. The molecule has 0 aromatic carbocycles. The Morgan fingerprint density at radius 2 is 2.12 bits per heavy atom. The molecule has 1 fully saturated rings. The van der Waals surface area contributed by atoms with Crippen LogP contribution < -0.4 is 0 Å². The third-order valence-electron chi connectivity index (χ3n) is 3.14. The van der Waals surface area contributed by atoms with E-state index in [4.69, 9.17) is 0 Å². The van der Waals surface area contributed by atoms with Crippen LogP contribution in [0.25, 0.3) is 0 Å². The Morgan fingerprint density at radius 3 is 2.88 bits per heavy atom. The summed E-state index contributed by atoms with van der Waals surface area (Å²) in [6, 6.07) is 0.